The van der Waals surface area contributed by atoms with Crippen LogP contribution in [-0.2, 0) is 4.79 Å². The minimum absolute atomic E-state index is 0.176. The smallest absolute Gasteiger partial charge is 0.304 e. The molecule has 6 nitrogen and oxygen atoms in total. The molecule has 0 radical (unpaired) electrons. The number of Topliss-reactive ketones (excluding diaryl/α,β-unsaturated/α-hetero) is 1. The van der Waals surface area contributed by atoms with Crippen LogP contribution in [0.4, 0.5) is 5.69 Å². The normalized spacial score (nSPS) is 16.5. The topological polar surface area (TPSA) is 96.5 Å². The summed E-state index contributed by atoms with van der Waals surface area (Å²) in [5.74, 6) is -1.27. The zero-order valence-corrected chi connectivity index (χ0v) is 19.0. The first kappa shape index (κ1) is 21.9. The van der Waals surface area contributed by atoms with Crippen LogP contribution in [0.15, 0.2) is 45.6 Å². The molecule has 0 saturated carbocycles. The first-order valence-corrected chi connectivity index (χ1v) is 11.1. The van der Waals surface area contributed by atoms with Crippen molar-refractivity contribution < 1.29 is 14.7 Å². The molecule has 2 heterocycles. The van der Waals surface area contributed by atoms with E-state index in [1.54, 1.807) is 12.1 Å². The van der Waals surface area contributed by atoms with E-state index in [1.165, 1.54) is 5.56 Å². The molecule has 1 atom stereocenters. The van der Waals surface area contributed by atoms with Crippen molar-refractivity contribution in [3.63, 3.8) is 0 Å². The standard InChI is InChI=1S/C21H23Br2N3O3/c22-17-9-15(10-18(23)20(17)24)21(29)16(11-19(27)28)12-26-7-3-14(4-8-26)13-1-5-25-6-2-13/h1-2,5-6,9-10,14,16H,3-4,7-8,11-12,24H2,(H,27,28)/t16-/m1/s1. The van der Waals surface area contributed by atoms with Crippen LogP contribution in [0.3, 0.4) is 0 Å². The van der Waals surface area contributed by atoms with Crippen LogP contribution in [0.1, 0.15) is 41.1 Å². The number of carbonyl (C=O) groups excluding carboxylic acids is 1. The molecule has 1 aromatic heterocycles. The number of rotatable bonds is 7. The van der Waals surface area contributed by atoms with E-state index in [4.69, 9.17) is 5.73 Å². The van der Waals surface area contributed by atoms with Crippen LogP contribution in [-0.4, -0.2) is 46.4 Å². The van der Waals surface area contributed by atoms with Gasteiger partial charge >= 0.3 is 5.97 Å². The number of ketones is 1. The Kier molecular flexibility index (Phi) is 7.43. The number of benzene rings is 1. The van der Waals surface area contributed by atoms with Gasteiger partial charge in [0.25, 0.3) is 0 Å². The van der Waals surface area contributed by atoms with Gasteiger partial charge in [-0.25, -0.2) is 0 Å². The Labute approximate surface area is 186 Å². The summed E-state index contributed by atoms with van der Waals surface area (Å²) in [7, 11) is 0. The number of aromatic nitrogens is 1. The molecule has 3 N–H and O–H groups in total. The van der Waals surface area contributed by atoms with Crippen LogP contribution in [0.25, 0.3) is 0 Å². The van der Waals surface area contributed by atoms with Crippen molar-refractivity contribution in [3.8, 4) is 0 Å². The Morgan fingerprint density at radius 2 is 1.76 bits per heavy atom. The van der Waals surface area contributed by atoms with Gasteiger partial charge in [0, 0.05) is 39.4 Å². The van der Waals surface area contributed by atoms with Crippen LogP contribution < -0.4 is 5.73 Å². The molecule has 0 amide bonds. The molecule has 1 aromatic carbocycles. The SMILES string of the molecule is Nc1c(Br)cc(C(=O)[C@H](CC(=O)O)CN2CCC(c3ccncc3)CC2)cc1Br. The van der Waals surface area contributed by atoms with E-state index in [-0.39, 0.29) is 12.2 Å². The lowest BCUT2D eigenvalue weighted by molar-refractivity contribution is -0.137. The van der Waals surface area contributed by atoms with Crippen molar-refractivity contribution in [2.45, 2.75) is 25.2 Å². The third kappa shape index (κ3) is 5.65. The van der Waals surface area contributed by atoms with Crippen molar-refractivity contribution >= 4 is 49.3 Å². The molecule has 0 bridgehead atoms. The van der Waals surface area contributed by atoms with Crippen molar-refractivity contribution in [1.82, 2.24) is 9.88 Å². The van der Waals surface area contributed by atoms with Crippen molar-refractivity contribution in [1.29, 1.82) is 0 Å². The van der Waals surface area contributed by atoms with Gasteiger partial charge in [0.15, 0.2) is 5.78 Å². The fourth-order valence-corrected chi connectivity index (χ4v) is 5.00. The highest BCUT2D eigenvalue weighted by Crippen LogP contribution is 2.32. The molecule has 2 aromatic rings. The Morgan fingerprint density at radius 1 is 1.17 bits per heavy atom. The number of anilines is 1. The third-order valence-electron chi connectivity index (χ3n) is 5.40. The fraction of sp³-hybridized carbons (Fsp3) is 0.381. The molecule has 1 saturated heterocycles. The third-order valence-corrected chi connectivity index (χ3v) is 6.71. The number of likely N-dealkylation sites (tertiary alicyclic amines) is 1. The molecule has 1 fully saturated rings. The predicted octanol–water partition coefficient (Wildman–Crippen LogP) is 4.34. The molecule has 0 spiro atoms. The highest BCUT2D eigenvalue weighted by atomic mass is 79.9. The molecule has 0 unspecified atom stereocenters. The maximum atomic E-state index is 13.1. The minimum Gasteiger partial charge on any atom is -0.481 e. The Bertz CT molecular complexity index is 861. The number of pyridine rings is 1. The number of aliphatic carboxylic acids is 1. The van der Waals surface area contributed by atoms with Crippen molar-refractivity contribution in [2.24, 2.45) is 5.92 Å². The summed E-state index contributed by atoms with van der Waals surface area (Å²) < 4.78 is 1.23. The summed E-state index contributed by atoms with van der Waals surface area (Å²) in [6.07, 6.45) is 5.40. The molecular weight excluding hydrogens is 502 g/mol. The van der Waals surface area contributed by atoms with E-state index in [9.17, 15) is 14.7 Å². The van der Waals surface area contributed by atoms with Gasteiger partial charge in [-0.3, -0.25) is 14.6 Å². The van der Waals surface area contributed by atoms with Gasteiger partial charge in [-0.05, 0) is 93.5 Å². The monoisotopic (exact) mass is 523 g/mol. The van der Waals surface area contributed by atoms with E-state index < -0.39 is 11.9 Å². The fourth-order valence-electron chi connectivity index (χ4n) is 3.81. The summed E-state index contributed by atoms with van der Waals surface area (Å²) in [6.45, 7) is 2.12. The van der Waals surface area contributed by atoms with E-state index in [0.717, 1.165) is 25.9 Å². The Morgan fingerprint density at radius 3 is 2.31 bits per heavy atom. The summed E-state index contributed by atoms with van der Waals surface area (Å²) in [6, 6.07) is 7.42. The lowest BCUT2D eigenvalue weighted by Crippen LogP contribution is -2.39. The molecule has 1 aliphatic heterocycles. The van der Waals surface area contributed by atoms with Gasteiger partial charge in [-0.1, -0.05) is 0 Å². The molecule has 1 aliphatic rings. The number of nitrogens with zero attached hydrogens (tertiary/aromatic N) is 2. The molecular formula is C21H23Br2N3O3. The second kappa shape index (κ2) is 9.82. The number of halogens is 2. The number of hydrogen-bond donors (Lipinski definition) is 2. The number of nitrogens with two attached hydrogens (primary N) is 1. The highest BCUT2D eigenvalue weighted by molar-refractivity contribution is 9.11. The van der Waals surface area contributed by atoms with Crippen LogP contribution in [0.5, 0.6) is 0 Å². The van der Waals surface area contributed by atoms with Gasteiger partial charge in [0.05, 0.1) is 12.1 Å². The van der Waals surface area contributed by atoms with Crippen LogP contribution in [0.2, 0.25) is 0 Å². The van der Waals surface area contributed by atoms with Gasteiger partial charge < -0.3 is 15.7 Å². The van der Waals surface area contributed by atoms with Gasteiger partial charge in [0.2, 0.25) is 0 Å². The lowest BCUT2D eigenvalue weighted by atomic mass is 9.88. The van der Waals surface area contributed by atoms with E-state index in [0.29, 0.717) is 32.7 Å². The number of carboxylic acids is 1. The second-order valence-electron chi connectivity index (χ2n) is 7.37. The van der Waals surface area contributed by atoms with Crippen LogP contribution >= 0.6 is 31.9 Å². The van der Waals surface area contributed by atoms with Crippen LogP contribution in [0, 0.1) is 5.92 Å². The Balaban J connectivity index is 1.68. The molecule has 3 rings (SSSR count). The minimum atomic E-state index is -0.969. The maximum absolute atomic E-state index is 13.1. The summed E-state index contributed by atoms with van der Waals surface area (Å²) in [4.78, 5) is 30.7. The van der Waals surface area contributed by atoms with E-state index in [1.807, 2.05) is 24.5 Å². The molecule has 29 heavy (non-hydrogen) atoms. The van der Waals surface area contributed by atoms with Gasteiger partial charge in [-0.15, -0.1) is 0 Å². The second-order valence-corrected chi connectivity index (χ2v) is 9.08. The maximum Gasteiger partial charge on any atom is 0.304 e. The summed E-state index contributed by atoms with van der Waals surface area (Å²) in [5.41, 5.74) is 8.16. The van der Waals surface area contributed by atoms with Gasteiger partial charge in [0.1, 0.15) is 0 Å². The van der Waals surface area contributed by atoms with E-state index >= 15 is 0 Å². The molecule has 0 aliphatic carbocycles. The largest absolute Gasteiger partial charge is 0.481 e. The molecule has 8 heteroatoms. The first-order chi connectivity index (χ1) is 13.8. The zero-order chi connectivity index (χ0) is 21.0. The zero-order valence-electron chi connectivity index (χ0n) is 15.9. The van der Waals surface area contributed by atoms with E-state index in [2.05, 4.69) is 41.7 Å². The quantitative estimate of drug-likeness (QED) is 0.413. The summed E-state index contributed by atoms with van der Waals surface area (Å²) >= 11 is 6.71. The lowest BCUT2D eigenvalue weighted by Gasteiger charge is -2.34. The number of piperidine rings is 1. The van der Waals surface area contributed by atoms with Crippen molar-refractivity contribution in [3.05, 3.63) is 56.7 Å². The molecule has 154 valence electrons. The number of nitrogen functional groups attached to an aromatic ring is 1. The number of carbonyl (C=O) groups is 2. The highest BCUT2D eigenvalue weighted by Gasteiger charge is 2.29. The number of carboxylic acid groups (broad SMARTS) is 1. The van der Waals surface area contributed by atoms with Gasteiger partial charge in [-0.2, -0.15) is 0 Å². The average molecular weight is 525 g/mol. The Hall–Kier alpha value is -1.77. The average Bonchev–Trinajstić information content (AvgIpc) is 2.71. The summed E-state index contributed by atoms with van der Waals surface area (Å²) in [5, 5.41) is 9.34. The first-order valence-electron chi connectivity index (χ1n) is 9.48. The van der Waals surface area contributed by atoms with Crippen molar-refractivity contribution in [2.75, 3.05) is 25.4 Å². The number of hydrogen-bond acceptors (Lipinski definition) is 5. The predicted molar refractivity (Wildman–Crippen MR) is 119 cm³/mol.